The van der Waals surface area contributed by atoms with E-state index in [9.17, 15) is 4.79 Å². The van der Waals surface area contributed by atoms with Crippen LogP contribution in [0.2, 0.25) is 0 Å². The number of carbonyl (C=O) groups is 1. The van der Waals surface area contributed by atoms with Gasteiger partial charge in [-0.15, -0.1) is 0 Å². The van der Waals surface area contributed by atoms with Crippen LogP contribution >= 0.6 is 0 Å². The van der Waals surface area contributed by atoms with Crippen molar-refractivity contribution in [2.45, 2.75) is 20.8 Å². The molecule has 0 aromatic rings. The third kappa shape index (κ3) is 7.29. The van der Waals surface area contributed by atoms with E-state index in [-0.39, 0.29) is 6.03 Å². The minimum Gasteiger partial charge on any atom is -0.383 e. The number of nitrogens with one attached hydrogen (secondary N) is 1. The molecule has 0 saturated heterocycles. The molecule has 0 fully saturated rings. The van der Waals surface area contributed by atoms with Crippen molar-refractivity contribution in [2.24, 2.45) is 5.92 Å². The Morgan fingerprint density at radius 1 is 1.22 bits per heavy atom. The molecule has 0 bridgehead atoms. The third-order valence-electron chi connectivity index (χ3n) is 2.75. The number of hydrogen-bond acceptors (Lipinski definition) is 3. The second-order valence-electron chi connectivity index (χ2n) is 4.47. The van der Waals surface area contributed by atoms with Crippen LogP contribution in [0.25, 0.3) is 0 Å². The van der Waals surface area contributed by atoms with Crippen molar-refractivity contribution in [1.82, 2.24) is 10.2 Å². The molecule has 0 aromatic heterocycles. The lowest BCUT2D eigenvalue weighted by molar-refractivity contribution is 0.123. The molecule has 18 heavy (non-hydrogen) atoms. The molecule has 5 nitrogen and oxygen atoms in total. The summed E-state index contributed by atoms with van der Waals surface area (Å²) in [5.74, 6) is 0.428. The summed E-state index contributed by atoms with van der Waals surface area (Å²) in [6, 6.07) is -0.121. The summed E-state index contributed by atoms with van der Waals surface area (Å²) in [5, 5.41) is 2.80. The van der Waals surface area contributed by atoms with Gasteiger partial charge in [0, 0.05) is 33.5 Å². The molecule has 0 rings (SSSR count). The lowest BCUT2D eigenvalue weighted by Gasteiger charge is -2.21. The van der Waals surface area contributed by atoms with Crippen molar-refractivity contribution in [3.05, 3.63) is 11.8 Å². The number of rotatable bonds is 8. The minimum atomic E-state index is -0.121. The molecule has 0 saturated carbocycles. The van der Waals surface area contributed by atoms with Gasteiger partial charge in [0.2, 0.25) is 0 Å². The quantitative estimate of drug-likeness (QED) is 0.723. The summed E-state index contributed by atoms with van der Waals surface area (Å²) < 4.78 is 9.98. The van der Waals surface area contributed by atoms with E-state index in [2.05, 4.69) is 19.2 Å². The van der Waals surface area contributed by atoms with Crippen LogP contribution in [-0.4, -0.2) is 51.5 Å². The molecule has 0 aliphatic heterocycles. The highest BCUT2D eigenvalue weighted by molar-refractivity contribution is 5.75. The van der Waals surface area contributed by atoms with Crippen molar-refractivity contribution in [2.75, 3.05) is 40.5 Å². The maximum atomic E-state index is 11.9. The number of nitrogens with zero attached hydrogens (tertiary/aromatic N) is 1. The highest BCUT2D eigenvalue weighted by Gasteiger charge is 2.11. The van der Waals surface area contributed by atoms with Gasteiger partial charge in [-0.2, -0.15) is 0 Å². The Hall–Kier alpha value is -1.07. The van der Waals surface area contributed by atoms with Gasteiger partial charge in [-0.25, -0.2) is 4.79 Å². The molecule has 2 amide bonds. The number of methoxy groups -OCH3 is 2. The largest absolute Gasteiger partial charge is 0.383 e. The molecule has 0 spiro atoms. The second-order valence-corrected chi connectivity index (χ2v) is 4.47. The van der Waals surface area contributed by atoms with Crippen molar-refractivity contribution in [1.29, 1.82) is 0 Å². The van der Waals surface area contributed by atoms with Crippen LogP contribution in [-0.2, 0) is 9.47 Å². The van der Waals surface area contributed by atoms with E-state index < -0.39 is 0 Å². The molecule has 0 radical (unpaired) electrons. The molecule has 0 atom stereocenters. The molecule has 0 aliphatic rings. The zero-order valence-electron chi connectivity index (χ0n) is 12.2. The Bertz CT molecular complexity index is 257. The average Bonchev–Trinajstić information content (AvgIpc) is 2.35. The molecule has 1 N–H and O–H groups in total. The molecule has 5 heteroatoms. The Morgan fingerprint density at radius 2 is 1.72 bits per heavy atom. The third-order valence-corrected chi connectivity index (χ3v) is 2.75. The lowest BCUT2D eigenvalue weighted by atomic mass is 10.1. The number of carbonyl (C=O) groups excluding carboxylic acids is 1. The molecule has 106 valence electrons. The van der Waals surface area contributed by atoms with E-state index in [1.165, 1.54) is 0 Å². The number of urea groups is 1. The summed E-state index contributed by atoms with van der Waals surface area (Å²) >= 11 is 0. The van der Waals surface area contributed by atoms with Crippen LogP contribution in [0.15, 0.2) is 11.8 Å². The lowest BCUT2D eigenvalue weighted by Crippen LogP contribution is -2.41. The topological polar surface area (TPSA) is 50.8 Å². The van der Waals surface area contributed by atoms with Crippen LogP contribution < -0.4 is 5.32 Å². The van der Waals surface area contributed by atoms with Crippen molar-refractivity contribution in [3.63, 3.8) is 0 Å². The first-order valence-corrected chi connectivity index (χ1v) is 6.22. The molecule has 0 heterocycles. The molecule has 0 aromatic carbocycles. The molecule has 0 aliphatic carbocycles. The zero-order valence-corrected chi connectivity index (χ0v) is 12.2. The van der Waals surface area contributed by atoms with E-state index in [1.807, 2.05) is 6.92 Å². The number of hydrogen-bond donors (Lipinski definition) is 1. The van der Waals surface area contributed by atoms with Crippen molar-refractivity contribution < 1.29 is 14.3 Å². The number of ether oxygens (including phenoxy) is 2. The second kappa shape index (κ2) is 9.91. The summed E-state index contributed by atoms with van der Waals surface area (Å²) in [5.41, 5.74) is 1.14. The Labute approximate surface area is 110 Å². The Morgan fingerprint density at radius 3 is 2.11 bits per heavy atom. The van der Waals surface area contributed by atoms with E-state index in [0.717, 1.165) is 5.57 Å². The van der Waals surface area contributed by atoms with Gasteiger partial charge in [-0.1, -0.05) is 19.4 Å². The van der Waals surface area contributed by atoms with Crippen LogP contribution in [0.3, 0.4) is 0 Å². The maximum Gasteiger partial charge on any atom is 0.321 e. The fraction of sp³-hybridized carbons (Fsp3) is 0.769. The van der Waals surface area contributed by atoms with Gasteiger partial charge < -0.3 is 19.7 Å². The maximum absolute atomic E-state index is 11.9. The first-order chi connectivity index (χ1) is 8.52. The Kier molecular flexibility index (Phi) is 9.32. The monoisotopic (exact) mass is 258 g/mol. The summed E-state index contributed by atoms with van der Waals surface area (Å²) in [7, 11) is 3.24. The molecule has 0 unspecified atom stereocenters. The van der Waals surface area contributed by atoms with Crippen molar-refractivity contribution >= 4 is 6.03 Å². The zero-order chi connectivity index (χ0) is 14.0. The van der Waals surface area contributed by atoms with Gasteiger partial charge in [0.15, 0.2) is 0 Å². The summed E-state index contributed by atoms with van der Waals surface area (Å²) in [6.45, 7) is 8.32. The highest BCUT2D eigenvalue weighted by atomic mass is 16.5. The van der Waals surface area contributed by atoms with Gasteiger partial charge in [0.05, 0.1) is 13.2 Å². The first-order valence-electron chi connectivity index (χ1n) is 6.22. The standard InChI is InChI=1S/C13H26N2O3/c1-11(2)12(3)10-14-13(16)15(6-8-17-4)7-9-18-5/h10-11H,6-9H2,1-5H3,(H,14,16)/b12-10+. The first kappa shape index (κ1) is 16.9. The SMILES string of the molecule is COCCN(CCOC)C(=O)N/C=C(\C)C(C)C. The van der Waals surface area contributed by atoms with E-state index in [0.29, 0.717) is 32.2 Å². The Balaban J connectivity index is 4.31. The predicted octanol–water partition coefficient (Wildman–Crippen LogP) is 1.85. The van der Waals surface area contributed by atoms with Crippen LogP contribution in [0.5, 0.6) is 0 Å². The summed E-state index contributed by atoms with van der Waals surface area (Å²) in [6.07, 6.45) is 1.76. The van der Waals surface area contributed by atoms with E-state index in [4.69, 9.17) is 9.47 Å². The van der Waals surface area contributed by atoms with Gasteiger partial charge >= 0.3 is 6.03 Å². The fourth-order valence-electron chi connectivity index (χ4n) is 1.15. The molecular formula is C13H26N2O3. The highest BCUT2D eigenvalue weighted by Crippen LogP contribution is 2.05. The minimum absolute atomic E-state index is 0.121. The number of amides is 2. The average molecular weight is 258 g/mol. The van der Waals surface area contributed by atoms with E-state index in [1.54, 1.807) is 25.3 Å². The fourth-order valence-corrected chi connectivity index (χ4v) is 1.15. The predicted molar refractivity (Wildman–Crippen MR) is 72.5 cm³/mol. The van der Waals surface area contributed by atoms with Gasteiger partial charge in [-0.05, 0) is 12.8 Å². The van der Waals surface area contributed by atoms with Crippen LogP contribution in [0.1, 0.15) is 20.8 Å². The van der Waals surface area contributed by atoms with Crippen molar-refractivity contribution in [3.8, 4) is 0 Å². The van der Waals surface area contributed by atoms with Crippen LogP contribution in [0, 0.1) is 5.92 Å². The van der Waals surface area contributed by atoms with Crippen LogP contribution in [0.4, 0.5) is 4.79 Å². The summed E-state index contributed by atoms with van der Waals surface area (Å²) in [4.78, 5) is 13.6. The number of allylic oxidation sites excluding steroid dienone is 1. The van der Waals surface area contributed by atoms with Gasteiger partial charge in [0.1, 0.15) is 0 Å². The van der Waals surface area contributed by atoms with Gasteiger partial charge in [-0.3, -0.25) is 0 Å². The van der Waals surface area contributed by atoms with Gasteiger partial charge in [0.25, 0.3) is 0 Å². The molecular weight excluding hydrogens is 232 g/mol. The van der Waals surface area contributed by atoms with E-state index >= 15 is 0 Å². The normalized spacial score (nSPS) is 11.8. The smallest absolute Gasteiger partial charge is 0.321 e.